The number of ether oxygens (including phenoxy) is 1. The Labute approximate surface area is 122 Å². The van der Waals surface area contributed by atoms with Crippen LogP contribution in [0.4, 0.5) is 5.69 Å². The fourth-order valence-corrected chi connectivity index (χ4v) is 2.43. The van der Waals surface area contributed by atoms with Gasteiger partial charge in [-0.1, -0.05) is 23.2 Å². The summed E-state index contributed by atoms with van der Waals surface area (Å²) in [5.74, 6) is 0.147. The molecular formula is C13H16Cl2N2O2. The van der Waals surface area contributed by atoms with Crippen molar-refractivity contribution in [2.75, 3.05) is 18.9 Å². The molecule has 6 heteroatoms. The van der Waals surface area contributed by atoms with Crippen LogP contribution in [0, 0.1) is 5.92 Å². The largest absolute Gasteiger partial charge is 0.397 e. The Kier molecular flexibility index (Phi) is 4.55. The van der Waals surface area contributed by atoms with E-state index in [9.17, 15) is 4.79 Å². The van der Waals surface area contributed by atoms with E-state index in [2.05, 4.69) is 5.32 Å². The maximum Gasteiger partial charge on any atom is 0.251 e. The summed E-state index contributed by atoms with van der Waals surface area (Å²) in [6.07, 6.45) is 0.963. The quantitative estimate of drug-likeness (QED) is 0.844. The van der Waals surface area contributed by atoms with Crippen molar-refractivity contribution in [3.8, 4) is 0 Å². The van der Waals surface area contributed by atoms with Crippen LogP contribution in [0.5, 0.6) is 0 Å². The van der Waals surface area contributed by atoms with Crippen molar-refractivity contribution >= 4 is 34.8 Å². The molecule has 2 atom stereocenters. The van der Waals surface area contributed by atoms with Gasteiger partial charge in [-0.05, 0) is 25.5 Å². The van der Waals surface area contributed by atoms with Gasteiger partial charge in [0, 0.05) is 24.1 Å². The minimum Gasteiger partial charge on any atom is -0.397 e. The van der Waals surface area contributed by atoms with Crippen LogP contribution in [0.1, 0.15) is 23.7 Å². The number of rotatable bonds is 3. The molecule has 4 nitrogen and oxygen atoms in total. The average Bonchev–Trinajstić information content (AvgIpc) is 2.89. The molecule has 1 aromatic carbocycles. The zero-order valence-corrected chi connectivity index (χ0v) is 12.1. The molecule has 0 radical (unpaired) electrons. The Bertz CT molecular complexity index is 465. The minimum atomic E-state index is -0.204. The third-order valence-electron chi connectivity index (χ3n) is 3.35. The summed E-state index contributed by atoms with van der Waals surface area (Å²) < 4.78 is 5.31. The van der Waals surface area contributed by atoms with Crippen LogP contribution < -0.4 is 11.1 Å². The van der Waals surface area contributed by atoms with Gasteiger partial charge < -0.3 is 15.8 Å². The monoisotopic (exact) mass is 302 g/mol. The number of benzene rings is 1. The maximum absolute atomic E-state index is 12.1. The zero-order chi connectivity index (χ0) is 14.0. The molecule has 1 heterocycles. The lowest BCUT2D eigenvalue weighted by atomic mass is 10.0. The van der Waals surface area contributed by atoms with Crippen LogP contribution in [-0.4, -0.2) is 25.2 Å². The van der Waals surface area contributed by atoms with E-state index in [1.807, 2.05) is 6.92 Å². The highest BCUT2D eigenvalue weighted by molar-refractivity contribution is 6.43. The smallest absolute Gasteiger partial charge is 0.251 e. The van der Waals surface area contributed by atoms with Crippen LogP contribution in [0.3, 0.4) is 0 Å². The van der Waals surface area contributed by atoms with E-state index in [1.54, 1.807) is 0 Å². The fraction of sp³-hybridized carbons (Fsp3) is 0.462. The van der Waals surface area contributed by atoms with Gasteiger partial charge in [-0.3, -0.25) is 4.79 Å². The van der Waals surface area contributed by atoms with Gasteiger partial charge in [0.1, 0.15) is 0 Å². The topological polar surface area (TPSA) is 64.4 Å². The number of hydrogen-bond donors (Lipinski definition) is 2. The van der Waals surface area contributed by atoms with Crippen LogP contribution in [0.2, 0.25) is 10.0 Å². The van der Waals surface area contributed by atoms with Crippen molar-refractivity contribution in [1.82, 2.24) is 5.32 Å². The SMILES string of the molecule is CC(NC(=O)c1cc(N)c(Cl)c(Cl)c1)C1CCOC1. The van der Waals surface area contributed by atoms with Gasteiger partial charge in [0.25, 0.3) is 5.91 Å². The Morgan fingerprint density at radius 2 is 2.26 bits per heavy atom. The molecule has 1 saturated heterocycles. The van der Waals surface area contributed by atoms with Crippen molar-refractivity contribution in [2.24, 2.45) is 5.92 Å². The highest BCUT2D eigenvalue weighted by atomic mass is 35.5. The maximum atomic E-state index is 12.1. The number of nitrogens with two attached hydrogens (primary N) is 1. The van der Waals surface area contributed by atoms with E-state index in [0.717, 1.165) is 13.0 Å². The van der Waals surface area contributed by atoms with Gasteiger partial charge in [-0.2, -0.15) is 0 Å². The number of carbonyl (C=O) groups is 1. The number of amides is 1. The molecule has 0 spiro atoms. The molecule has 3 N–H and O–H groups in total. The van der Waals surface area contributed by atoms with Crippen molar-refractivity contribution in [1.29, 1.82) is 0 Å². The normalized spacial score (nSPS) is 20.3. The molecule has 1 aliphatic rings. The van der Waals surface area contributed by atoms with Crippen LogP contribution in [0.25, 0.3) is 0 Å². The average molecular weight is 303 g/mol. The molecule has 0 saturated carbocycles. The van der Waals surface area contributed by atoms with Crippen molar-refractivity contribution < 1.29 is 9.53 Å². The van der Waals surface area contributed by atoms with E-state index < -0.39 is 0 Å². The summed E-state index contributed by atoms with van der Waals surface area (Å²) in [6, 6.07) is 3.10. The second-order valence-corrected chi connectivity index (χ2v) is 5.53. The lowest BCUT2D eigenvalue weighted by molar-refractivity contribution is 0.0922. The van der Waals surface area contributed by atoms with Gasteiger partial charge in [0.05, 0.1) is 22.3 Å². The van der Waals surface area contributed by atoms with E-state index in [4.69, 9.17) is 33.7 Å². The van der Waals surface area contributed by atoms with Crippen molar-refractivity contribution in [3.05, 3.63) is 27.7 Å². The first-order valence-corrected chi connectivity index (χ1v) is 6.87. The Morgan fingerprint density at radius 1 is 1.53 bits per heavy atom. The number of nitrogen functional groups attached to an aromatic ring is 1. The molecule has 2 unspecified atom stereocenters. The summed E-state index contributed by atoms with van der Waals surface area (Å²) in [6.45, 7) is 3.41. The Hall–Kier alpha value is -0.970. The third kappa shape index (κ3) is 3.32. The van der Waals surface area contributed by atoms with Gasteiger partial charge >= 0.3 is 0 Å². The number of carbonyl (C=O) groups excluding carboxylic acids is 1. The molecule has 19 heavy (non-hydrogen) atoms. The third-order valence-corrected chi connectivity index (χ3v) is 4.17. The highest BCUT2D eigenvalue weighted by Crippen LogP contribution is 2.29. The van der Waals surface area contributed by atoms with Gasteiger partial charge in [0.15, 0.2) is 0 Å². The van der Waals surface area contributed by atoms with E-state index in [1.165, 1.54) is 12.1 Å². The summed E-state index contributed by atoms with van der Waals surface area (Å²) >= 11 is 11.8. The first kappa shape index (κ1) is 14.4. The van der Waals surface area contributed by atoms with Gasteiger partial charge in [-0.15, -0.1) is 0 Å². The number of nitrogens with one attached hydrogen (secondary N) is 1. The lowest BCUT2D eigenvalue weighted by Gasteiger charge is -2.19. The molecule has 104 valence electrons. The Balaban J connectivity index is 2.07. The van der Waals surface area contributed by atoms with Gasteiger partial charge in [-0.25, -0.2) is 0 Å². The predicted molar refractivity (Wildman–Crippen MR) is 76.7 cm³/mol. The summed E-state index contributed by atoms with van der Waals surface area (Å²) in [5.41, 5.74) is 6.41. The Morgan fingerprint density at radius 3 is 2.84 bits per heavy atom. The molecular weight excluding hydrogens is 287 g/mol. The standard InChI is InChI=1S/C13H16Cl2N2O2/c1-7(8-2-3-19-6-8)17-13(18)9-4-10(14)12(15)11(16)5-9/h4-5,7-8H,2-3,6,16H2,1H3,(H,17,18). The fourth-order valence-electron chi connectivity index (χ4n) is 2.10. The summed E-state index contributed by atoms with van der Waals surface area (Å²) in [4.78, 5) is 12.1. The summed E-state index contributed by atoms with van der Waals surface area (Å²) in [7, 11) is 0. The first-order chi connectivity index (χ1) is 8.99. The molecule has 0 bridgehead atoms. The molecule has 1 amide bonds. The highest BCUT2D eigenvalue weighted by Gasteiger charge is 2.24. The predicted octanol–water partition coefficient (Wildman–Crippen LogP) is 2.73. The van der Waals surface area contributed by atoms with Gasteiger partial charge in [0.2, 0.25) is 0 Å². The molecule has 0 aliphatic carbocycles. The molecule has 2 rings (SSSR count). The number of anilines is 1. The molecule has 1 fully saturated rings. The molecule has 0 aromatic heterocycles. The first-order valence-electron chi connectivity index (χ1n) is 6.12. The van der Waals surface area contributed by atoms with Crippen LogP contribution in [-0.2, 0) is 4.74 Å². The van der Waals surface area contributed by atoms with Crippen molar-refractivity contribution in [3.63, 3.8) is 0 Å². The second-order valence-electron chi connectivity index (χ2n) is 4.75. The van der Waals surface area contributed by atoms with E-state index >= 15 is 0 Å². The molecule has 1 aromatic rings. The van der Waals surface area contributed by atoms with Crippen molar-refractivity contribution in [2.45, 2.75) is 19.4 Å². The number of halogens is 2. The number of hydrogen-bond acceptors (Lipinski definition) is 3. The minimum absolute atomic E-state index is 0.0469. The second kappa shape index (κ2) is 5.99. The van der Waals surface area contributed by atoms with Crippen LogP contribution in [0.15, 0.2) is 12.1 Å². The molecule has 1 aliphatic heterocycles. The zero-order valence-electron chi connectivity index (χ0n) is 10.6. The van der Waals surface area contributed by atoms with E-state index in [-0.39, 0.29) is 22.0 Å². The summed E-state index contributed by atoms with van der Waals surface area (Å²) in [5, 5.41) is 3.49. The van der Waals surface area contributed by atoms with Crippen LogP contribution >= 0.6 is 23.2 Å². The van der Waals surface area contributed by atoms with E-state index in [0.29, 0.717) is 23.8 Å². The lowest BCUT2D eigenvalue weighted by Crippen LogP contribution is -2.38.